The maximum Gasteiger partial charge on any atom is 0.106 e. The summed E-state index contributed by atoms with van der Waals surface area (Å²) < 4.78 is 10.6. The van der Waals surface area contributed by atoms with Gasteiger partial charge in [0.15, 0.2) is 0 Å². The highest BCUT2D eigenvalue weighted by Crippen LogP contribution is 2.28. The summed E-state index contributed by atoms with van der Waals surface area (Å²) in [6.45, 7) is 2.63. The Bertz CT molecular complexity index is 281. The van der Waals surface area contributed by atoms with Gasteiger partial charge in [-0.15, -0.1) is 0 Å². The lowest BCUT2D eigenvalue weighted by atomic mass is 9.87. The molecule has 0 bridgehead atoms. The number of aliphatic hydroxyl groups is 1. The zero-order valence-electron chi connectivity index (χ0n) is 8.40. The van der Waals surface area contributed by atoms with Gasteiger partial charge >= 0.3 is 0 Å². The first kappa shape index (κ1) is 9.74. The van der Waals surface area contributed by atoms with Crippen LogP contribution in [0.15, 0.2) is 22.8 Å². The molecule has 2 unspecified atom stereocenters. The predicted molar refractivity (Wildman–Crippen MR) is 52.0 cm³/mol. The minimum Gasteiger partial charge on any atom is -0.469 e. The maximum atomic E-state index is 10.3. The molecule has 3 heteroatoms. The first-order valence-electron chi connectivity index (χ1n) is 5.04. The second-order valence-corrected chi connectivity index (χ2v) is 4.12. The molecule has 0 aliphatic carbocycles. The van der Waals surface area contributed by atoms with E-state index in [4.69, 9.17) is 9.15 Å². The molecule has 3 nitrogen and oxygen atoms in total. The Hall–Kier alpha value is -0.800. The van der Waals surface area contributed by atoms with Crippen LogP contribution in [0.1, 0.15) is 25.5 Å². The number of ether oxygens (including phenoxy) is 1. The highest BCUT2D eigenvalue weighted by Gasteiger charge is 2.34. The molecule has 1 saturated heterocycles. The van der Waals surface area contributed by atoms with Gasteiger partial charge in [-0.2, -0.15) is 0 Å². The molecule has 0 saturated carbocycles. The van der Waals surface area contributed by atoms with Crippen LogP contribution in [0.4, 0.5) is 0 Å². The Balaban J connectivity index is 2.01. The van der Waals surface area contributed by atoms with Crippen LogP contribution in [0.2, 0.25) is 0 Å². The van der Waals surface area contributed by atoms with Gasteiger partial charge in [-0.3, -0.25) is 0 Å². The van der Waals surface area contributed by atoms with Gasteiger partial charge in [-0.05, 0) is 19.1 Å². The zero-order chi connectivity index (χ0) is 10.0. The highest BCUT2D eigenvalue weighted by molar-refractivity contribution is 5.04. The standard InChI is InChI=1S/C11H16O3/c1-9-7-11(12,4-6-13-9)8-10-3-2-5-14-10/h2-3,5,9,12H,4,6-8H2,1H3. The number of hydrogen-bond acceptors (Lipinski definition) is 3. The van der Waals surface area contributed by atoms with Crippen LogP contribution in [0.25, 0.3) is 0 Å². The molecule has 1 aromatic heterocycles. The zero-order valence-corrected chi connectivity index (χ0v) is 8.40. The number of hydrogen-bond donors (Lipinski definition) is 1. The van der Waals surface area contributed by atoms with E-state index in [-0.39, 0.29) is 6.10 Å². The summed E-state index contributed by atoms with van der Waals surface area (Å²) >= 11 is 0. The Morgan fingerprint density at radius 3 is 3.14 bits per heavy atom. The summed E-state index contributed by atoms with van der Waals surface area (Å²) in [5.74, 6) is 0.849. The van der Waals surface area contributed by atoms with Crippen molar-refractivity contribution in [1.29, 1.82) is 0 Å². The smallest absolute Gasteiger partial charge is 0.106 e. The molecule has 0 spiro atoms. The van der Waals surface area contributed by atoms with Crippen molar-refractivity contribution in [3.8, 4) is 0 Å². The van der Waals surface area contributed by atoms with Crippen LogP contribution in [0.5, 0.6) is 0 Å². The fourth-order valence-corrected chi connectivity index (χ4v) is 2.04. The van der Waals surface area contributed by atoms with Crippen molar-refractivity contribution >= 4 is 0 Å². The molecule has 1 aliphatic rings. The van der Waals surface area contributed by atoms with Crippen LogP contribution in [-0.2, 0) is 11.2 Å². The topological polar surface area (TPSA) is 42.6 Å². The predicted octanol–water partition coefficient (Wildman–Crippen LogP) is 1.75. The van der Waals surface area contributed by atoms with Gasteiger partial charge in [-0.25, -0.2) is 0 Å². The average Bonchev–Trinajstić information content (AvgIpc) is 2.55. The molecular weight excluding hydrogens is 180 g/mol. The normalized spacial score (nSPS) is 33.1. The maximum absolute atomic E-state index is 10.3. The van der Waals surface area contributed by atoms with E-state index in [9.17, 15) is 5.11 Å². The third kappa shape index (κ3) is 2.16. The van der Waals surface area contributed by atoms with Gasteiger partial charge in [0.25, 0.3) is 0 Å². The van der Waals surface area contributed by atoms with Crippen molar-refractivity contribution < 1.29 is 14.3 Å². The van der Waals surface area contributed by atoms with Crippen LogP contribution in [0.3, 0.4) is 0 Å². The van der Waals surface area contributed by atoms with E-state index in [0.29, 0.717) is 25.9 Å². The molecule has 0 radical (unpaired) electrons. The number of rotatable bonds is 2. The fourth-order valence-electron chi connectivity index (χ4n) is 2.04. The Morgan fingerprint density at radius 1 is 1.64 bits per heavy atom. The average molecular weight is 196 g/mol. The lowest BCUT2D eigenvalue weighted by Gasteiger charge is -2.35. The van der Waals surface area contributed by atoms with Crippen LogP contribution >= 0.6 is 0 Å². The quantitative estimate of drug-likeness (QED) is 0.783. The minimum atomic E-state index is -0.643. The van der Waals surface area contributed by atoms with Gasteiger partial charge in [0.1, 0.15) is 5.76 Å². The van der Waals surface area contributed by atoms with E-state index in [1.807, 2.05) is 19.1 Å². The summed E-state index contributed by atoms with van der Waals surface area (Å²) in [5.41, 5.74) is -0.643. The highest BCUT2D eigenvalue weighted by atomic mass is 16.5. The van der Waals surface area contributed by atoms with E-state index >= 15 is 0 Å². The van der Waals surface area contributed by atoms with Crippen molar-refractivity contribution in [2.75, 3.05) is 6.61 Å². The molecule has 0 amide bonds. The monoisotopic (exact) mass is 196 g/mol. The second-order valence-electron chi connectivity index (χ2n) is 4.12. The van der Waals surface area contributed by atoms with Gasteiger partial charge in [0, 0.05) is 25.9 Å². The first-order valence-corrected chi connectivity index (χ1v) is 5.04. The van der Waals surface area contributed by atoms with Gasteiger partial charge in [0.05, 0.1) is 18.0 Å². The van der Waals surface area contributed by atoms with Crippen molar-refractivity contribution in [2.45, 2.75) is 37.9 Å². The third-order valence-electron chi connectivity index (χ3n) is 2.72. The van der Waals surface area contributed by atoms with E-state index < -0.39 is 5.60 Å². The molecule has 1 aliphatic heterocycles. The molecule has 2 atom stereocenters. The summed E-state index contributed by atoms with van der Waals surface area (Å²) in [4.78, 5) is 0. The van der Waals surface area contributed by atoms with Crippen molar-refractivity contribution in [1.82, 2.24) is 0 Å². The van der Waals surface area contributed by atoms with Gasteiger partial charge < -0.3 is 14.3 Å². The summed E-state index contributed by atoms with van der Waals surface area (Å²) in [6, 6.07) is 3.75. The Labute approximate surface area is 83.7 Å². The summed E-state index contributed by atoms with van der Waals surface area (Å²) in [7, 11) is 0. The lowest BCUT2D eigenvalue weighted by Crippen LogP contribution is -2.41. The van der Waals surface area contributed by atoms with E-state index in [1.54, 1.807) is 6.26 Å². The van der Waals surface area contributed by atoms with Crippen LogP contribution in [-0.4, -0.2) is 23.4 Å². The van der Waals surface area contributed by atoms with E-state index in [2.05, 4.69) is 0 Å². The van der Waals surface area contributed by atoms with Gasteiger partial charge in [-0.1, -0.05) is 0 Å². The molecular formula is C11H16O3. The summed E-state index contributed by atoms with van der Waals surface area (Å²) in [6.07, 6.45) is 3.75. The first-order chi connectivity index (χ1) is 6.68. The van der Waals surface area contributed by atoms with Crippen molar-refractivity contribution in [2.24, 2.45) is 0 Å². The second kappa shape index (κ2) is 3.75. The molecule has 1 fully saturated rings. The summed E-state index contributed by atoms with van der Waals surface area (Å²) in [5, 5.41) is 10.3. The SMILES string of the molecule is CC1CC(O)(Cc2ccco2)CCO1. The van der Waals surface area contributed by atoms with Gasteiger partial charge in [0.2, 0.25) is 0 Å². The van der Waals surface area contributed by atoms with Crippen molar-refractivity contribution in [3.63, 3.8) is 0 Å². The molecule has 78 valence electrons. The Kier molecular flexibility index (Phi) is 2.61. The fraction of sp³-hybridized carbons (Fsp3) is 0.636. The van der Waals surface area contributed by atoms with Crippen LogP contribution < -0.4 is 0 Å². The molecule has 1 aromatic rings. The molecule has 2 rings (SSSR count). The van der Waals surface area contributed by atoms with Crippen molar-refractivity contribution in [3.05, 3.63) is 24.2 Å². The third-order valence-corrected chi connectivity index (χ3v) is 2.72. The van der Waals surface area contributed by atoms with E-state index in [1.165, 1.54) is 0 Å². The lowest BCUT2D eigenvalue weighted by molar-refractivity contribution is -0.0978. The minimum absolute atomic E-state index is 0.142. The molecule has 2 heterocycles. The van der Waals surface area contributed by atoms with E-state index in [0.717, 1.165) is 5.76 Å². The molecule has 0 aromatic carbocycles. The Morgan fingerprint density at radius 2 is 2.50 bits per heavy atom. The van der Waals surface area contributed by atoms with Crippen LogP contribution in [0, 0.1) is 0 Å². The molecule has 14 heavy (non-hydrogen) atoms. The molecule has 1 N–H and O–H groups in total. The largest absolute Gasteiger partial charge is 0.469 e. The number of furan rings is 1.